The molecular formula is C13H16N2O2S. The normalized spacial score (nSPS) is 9.78. The van der Waals surface area contributed by atoms with E-state index in [9.17, 15) is 4.79 Å². The van der Waals surface area contributed by atoms with E-state index in [-0.39, 0.29) is 12.5 Å². The van der Waals surface area contributed by atoms with Crippen molar-refractivity contribution in [2.45, 2.75) is 12.8 Å². The fourth-order valence-electron chi connectivity index (χ4n) is 1.32. The van der Waals surface area contributed by atoms with E-state index < -0.39 is 0 Å². The van der Waals surface area contributed by atoms with Crippen molar-refractivity contribution in [3.05, 3.63) is 29.8 Å². The van der Waals surface area contributed by atoms with Gasteiger partial charge in [0.05, 0.1) is 11.6 Å². The Hall–Kier alpha value is -1.51. The van der Waals surface area contributed by atoms with Crippen molar-refractivity contribution in [1.82, 2.24) is 0 Å². The SMILES string of the molecule is N#Cc1cccc(NC(=O)CCSCCCO)c1. The number of rotatable bonds is 7. The van der Waals surface area contributed by atoms with E-state index >= 15 is 0 Å². The molecule has 1 aromatic carbocycles. The minimum absolute atomic E-state index is 0.0541. The Morgan fingerprint density at radius 3 is 3.00 bits per heavy atom. The maximum atomic E-state index is 11.6. The van der Waals surface area contributed by atoms with Crippen molar-refractivity contribution in [2.24, 2.45) is 0 Å². The Labute approximate surface area is 111 Å². The molecule has 96 valence electrons. The van der Waals surface area contributed by atoms with E-state index in [2.05, 4.69) is 5.32 Å². The first-order chi connectivity index (χ1) is 8.76. The van der Waals surface area contributed by atoms with Gasteiger partial charge in [0.15, 0.2) is 0 Å². The Kier molecular flexibility index (Phi) is 6.92. The van der Waals surface area contributed by atoms with E-state index in [0.717, 1.165) is 17.9 Å². The van der Waals surface area contributed by atoms with Crippen LogP contribution >= 0.6 is 11.8 Å². The molecule has 0 aliphatic rings. The third-order valence-corrected chi connectivity index (χ3v) is 3.27. The zero-order valence-corrected chi connectivity index (χ0v) is 10.9. The van der Waals surface area contributed by atoms with Crippen LogP contribution in [0.1, 0.15) is 18.4 Å². The van der Waals surface area contributed by atoms with Crippen LogP contribution in [-0.4, -0.2) is 29.1 Å². The number of anilines is 1. The van der Waals surface area contributed by atoms with Crippen LogP contribution < -0.4 is 5.32 Å². The van der Waals surface area contributed by atoms with Gasteiger partial charge in [0.2, 0.25) is 5.91 Å². The quantitative estimate of drug-likeness (QED) is 0.739. The van der Waals surface area contributed by atoms with Crippen LogP contribution in [-0.2, 0) is 4.79 Å². The summed E-state index contributed by atoms with van der Waals surface area (Å²) in [5.74, 6) is 1.55. The van der Waals surface area contributed by atoms with Crippen molar-refractivity contribution in [1.29, 1.82) is 5.26 Å². The summed E-state index contributed by atoms with van der Waals surface area (Å²) < 4.78 is 0. The molecule has 0 aromatic heterocycles. The number of carbonyl (C=O) groups excluding carboxylic acids is 1. The summed E-state index contributed by atoms with van der Waals surface area (Å²) in [5, 5.41) is 20.1. The molecule has 0 aliphatic heterocycles. The number of aliphatic hydroxyl groups is 1. The van der Waals surface area contributed by atoms with Crippen molar-refractivity contribution < 1.29 is 9.90 Å². The lowest BCUT2D eigenvalue weighted by Gasteiger charge is -2.05. The minimum Gasteiger partial charge on any atom is -0.396 e. The minimum atomic E-state index is -0.0541. The van der Waals surface area contributed by atoms with Crippen molar-refractivity contribution in [3.8, 4) is 6.07 Å². The highest BCUT2D eigenvalue weighted by Gasteiger charge is 2.02. The molecule has 0 fully saturated rings. The lowest BCUT2D eigenvalue weighted by Crippen LogP contribution is -2.12. The van der Waals surface area contributed by atoms with E-state index in [1.54, 1.807) is 36.0 Å². The fraction of sp³-hybridized carbons (Fsp3) is 0.385. The molecule has 2 N–H and O–H groups in total. The molecule has 0 saturated heterocycles. The maximum Gasteiger partial charge on any atom is 0.225 e. The summed E-state index contributed by atoms with van der Waals surface area (Å²) in [5.41, 5.74) is 1.18. The molecule has 5 heteroatoms. The van der Waals surface area contributed by atoms with Crippen LogP contribution in [0.5, 0.6) is 0 Å². The topological polar surface area (TPSA) is 73.1 Å². The van der Waals surface area contributed by atoms with Gasteiger partial charge in [-0.2, -0.15) is 17.0 Å². The zero-order valence-electron chi connectivity index (χ0n) is 10.1. The average Bonchev–Trinajstić information content (AvgIpc) is 2.38. The van der Waals surface area contributed by atoms with Gasteiger partial charge in [-0.1, -0.05) is 6.07 Å². The van der Waals surface area contributed by atoms with Gasteiger partial charge in [-0.3, -0.25) is 4.79 Å². The smallest absolute Gasteiger partial charge is 0.225 e. The maximum absolute atomic E-state index is 11.6. The summed E-state index contributed by atoms with van der Waals surface area (Å²) in [4.78, 5) is 11.6. The summed E-state index contributed by atoms with van der Waals surface area (Å²) in [6, 6.07) is 8.87. The van der Waals surface area contributed by atoms with Gasteiger partial charge >= 0.3 is 0 Å². The molecule has 0 saturated carbocycles. The zero-order chi connectivity index (χ0) is 13.2. The summed E-state index contributed by atoms with van der Waals surface area (Å²) in [6.07, 6.45) is 1.20. The number of nitrogens with zero attached hydrogens (tertiary/aromatic N) is 1. The van der Waals surface area contributed by atoms with Gasteiger partial charge < -0.3 is 10.4 Å². The Bertz CT molecular complexity index is 429. The van der Waals surface area contributed by atoms with Crippen LogP contribution in [0.3, 0.4) is 0 Å². The first-order valence-corrected chi connectivity index (χ1v) is 6.90. The van der Waals surface area contributed by atoms with E-state index in [1.807, 2.05) is 6.07 Å². The van der Waals surface area contributed by atoms with Gasteiger partial charge in [-0.25, -0.2) is 0 Å². The van der Waals surface area contributed by atoms with Crippen molar-refractivity contribution in [3.63, 3.8) is 0 Å². The molecule has 0 bridgehead atoms. The molecule has 0 atom stereocenters. The lowest BCUT2D eigenvalue weighted by molar-refractivity contribution is -0.115. The molecular weight excluding hydrogens is 248 g/mol. The molecule has 1 aromatic rings. The van der Waals surface area contributed by atoms with E-state index in [4.69, 9.17) is 10.4 Å². The van der Waals surface area contributed by atoms with E-state index in [0.29, 0.717) is 17.7 Å². The second-order valence-corrected chi connectivity index (χ2v) is 4.91. The van der Waals surface area contributed by atoms with Gasteiger partial charge in [-0.05, 0) is 30.4 Å². The largest absolute Gasteiger partial charge is 0.396 e. The summed E-state index contributed by atoms with van der Waals surface area (Å²) in [6.45, 7) is 0.195. The lowest BCUT2D eigenvalue weighted by atomic mass is 10.2. The number of benzene rings is 1. The summed E-state index contributed by atoms with van der Waals surface area (Å²) in [7, 11) is 0. The third kappa shape index (κ3) is 5.71. The number of thioether (sulfide) groups is 1. The second kappa shape index (κ2) is 8.56. The van der Waals surface area contributed by atoms with Crippen LogP contribution in [0.25, 0.3) is 0 Å². The number of hydrogen-bond donors (Lipinski definition) is 2. The molecule has 0 radical (unpaired) electrons. The highest BCUT2D eigenvalue weighted by Crippen LogP contribution is 2.11. The Morgan fingerprint density at radius 1 is 1.44 bits per heavy atom. The highest BCUT2D eigenvalue weighted by atomic mass is 32.2. The van der Waals surface area contributed by atoms with Gasteiger partial charge in [0, 0.05) is 24.5 Å². The van der Waals surface area contributed by atoms with Crippen molar-refractivity contribution in [2.75, 3.05) is 23.4 Å². The highest BCUT2D eigenvalue weighted by molar-refractivity contribution is 7.99. The van der Waals surface area contributed by atoms with Gasteiger partial charge in [-0.15, -0.1) is 0 Å². The fourth-order valence-corrected chi connectivity index (χ4v) is 2.19. The monoisotopic (exact) mass is 264 g/mol. The summed E-state index contributed by atoms with van der Waals surface area (Å²) >= 11 is 1.65. The standard InChI is InChI=1S/C13H16N2O2S/c14-10-11-3-1-4-12(9-11)15-13(17)5-8-18-7-2-6-16/h1,3-4,9,16H,2,5-8H2,(H,15,17). The molecule has 0 heterocycles. The predicted octanol–water partition coefficient (Wildman–Crippen LogP) is 2.00. The first-order valence-electron chi connectivity index (χ1n) is 5.75. The third-order valence-electron chi connectivity index (χ3n) is 2.20. The molecule has 0 spiro atoms. The molecule has 18 heavy (non-hydrogen) atoms. The predicted molar refractivity (Wildman–Crippen MR) is 73.4 cm³/mol. The number of amides is 1. The van der Waals surface area contributed by atoms with Crippen molar-refractivity contribution >= 4 is 23.4 Å². The van der Waals surface area contributed by atoms with Crippen LogP contribution in [0.2, 0.25) is 0 Å². The van der Waals surface area contributed by atoms with Crippen LogP contribution in [0.4, 0.5) is 5.69 Å². The number of nitriles is 1. The first kappa shape index (κ1) is 14.6. The van der Waals surface area contributed by atoms with Crippen LogP contribution in [0.15, 0.2) is 24.3 Å². The molecule has 1 amide bonds. The number of carbonyl (C=O) groups is 1. The number of aliphatic hydroxyl groups excluding tert-OH is 1. The van der Waals surface area contributed by atoms with E-state index in [1.165, 1.54) is 0 Å². The number of hydrogen-bond acceptors (Lipinski definition) is 4. The Morgan fingerprint density at radius 2 is 2.28 bits per heavy atom. The van der Waals surface area contributed by atoms with Crippen LogP contribution in [0, 0.1) is 11.3 Å². The molecule has 0 unspecified atom stereocenters. The molecule has 4 nitrogen and oxygen atoms in total. The number of nitrogens with one attached hydrogen (secondary N) is 1. The van der Waals surface area contributed by atoms with Gasteiger partial charge in [0.25, 0.3) is 0 Å². The van der Waals surface area contributed by atoms with Gasteiger partial charge in [0.1, 0.15) is 0 Å². The molecule has 0 aliphatic carbocycles. The second-order valence-electron chi connectivity index (χ2n) is 3.68. The molecule has 1 rings (SSSR count). The Balaban J connectivity index is 2.29. The average molecular weight is 264 g/mol.